The maximum absolute atomic E-state index is 13.7. The molecule has 4 heteroatoms. The Bertz CT molecular complexity index is 810. The first-order valence-corrected chi connectivity index (χ1v) is 7.53. The number of para-hydroxylation sites is 1. The van der Waals surface area contributed by atoms with Crippen molar-refractivity contribution in [2.75, 3.05) is 5.32 Å². The van der Waals surface area contributed by atoms with E-state index in [1.165, 1.54) is 36.4 Å². The standard InChI is InChI=1S/C18H16FN3/c19-16-3-1-2-15-17(16)21-11-22-18(15)20-10-12-4-6-13(7-5-12)14-8-9-14/h1-7,11,14H,8-10H2,(H,20,21,22). The van der Waals surface area contributed by atoms with Gasteiger partial charge in [0.2, 0.25) is 0 Å². The SMILES string of the molecule is Fc1cccc2c(NCc3ccc(C4CC4)cc3)ncnc12. The highest BCUT2D eigenvalue weighted by atomic mass is 19.1. The summed E-state index contributed by atoms with van der Waals surface area (Å²) in [5.41, 5.74) is 2.97. The van der Waals surface area contributed by atoms with Crippen molar-refractivity contribution in [3.05, 3.63) is 65.7 Å². The lowest BCUT2D eigenvalue weighted by atomic mass is 10.1. The molecule has 3 aromatic rings. The number of anilines is 1. The highest BCUT2D eigenvalue weighted by molar-refractivity contribution is 5.89. The molecule has 0 radical (unpaired) electrons. The number of benzene rings is 2. The molecule has 0 aliphatic heterocycles. The quantitative estimate of drug-likeness (QED) is 0.781. The van der Waals surface area contributed by atoms with Gasteiger partial charge in [-0.1, -0.05) is 30.3 Å². The molecule has 0 unspecified atom stereocenters. The fourth-order valence-corrected chi connectivity index (χ4v) is 2.70. The van der Waals surface area contributed by atoms with Gasteiger partial charge in [-0.3, -0.25) is 0 Å². The molecule has 0 spiro atoms. The van der Waals surface area contributed by atoms with Crippen LogP contribution in [-0.2, 0) is 6.54 Å². The van der Waals surface area contributed by atoms with Gasteiger partial charge in [0.25, 0.3) is 0 Å². The van der Waals surface area contributed by atoms with Crippen LogP contribution in [0.1, 0.15) is 29.9 Å². The summed E-state index contributed by atoms with van der Waals surface area (Å²) in [5, 5.41) is 3.98. The molecule has 0 atom stereocenters. The van der Waals surface area contributed by atoms with E-state index in [0.29, 0.717) is 23.3 Å². The van der Waals surface area contributed by atoms with E-state index in [4.69, 9.17) is 0 Å². The third-order valence-electron chi connectivity index (χ3n) is 4.10. The van der Waals surface area contributed by atoms with Crippen LogP contribution < -0.4 is 5.32 Å². The van der Waals surface area contributed by atoms with E-state index in [9.17, 15) is 4.39 Å². The largest absolute Gasteiger partial charge is 0.365 e. The average molecular weight is 293 g/mol. The van der Waals surface area contributed by atoms with E-state index in [0.717, 1.165) is 5.92 Å². The first-order chi connectivity index (χ1) is 10.8. The molecule has 1 heterocycles. The molecule has 1 aromatic heterocycles. The van der Waals surface area contributed by atoms with Crippen molar-refractivity contribution in [3.8, 4) is 0 Å². The van der Waals surface area contributed by atoms with Gasteiger partial charge in [0.05, 0.1) is 0 Å². The second kappa shape index (κ2) is 5.37. The minimum Gasteiger partial charge on any atom is -0.365 e. The second-order valence-electron chi connectivity index (χ2n) is 5.73. The Balaban J connectivity index is 1.54. The number of halogens is 1. The zero-order chi connectivity index (χ0) is 14.9. The van der Waals surface area contributed by atoms with Crippen LogP contribution in [0.2, 0.25) is 0 Å². The van der Waals surface area contributed by atoms with Gasteiger partial charge < -0.3 is 5.32 Å². The number of hydrogen-bond acceptors (Lipinski definition) is 3. The number of hydrogen-bond donors (Lipinski definition) is 1. The Morgan fingerprint density at radius 3 is 2.64 bits per heavy atom. The third kappa shape index (κ3) is 2.52. The topological polar surface area (TPSA) is 37.8 Å². The van der Waals surface area contributed by atoms with Crippen LogP contribution in [0.25, 0.3) is 10.9 Å². The van der Waals surface area contributed by atoms with Crippen LogP contribution in [0.4, 0.5) is 10.2 Å². The van der Waals surface area contributed by atoms with Crippen LogP contribution in [0.5, 0.6) is 0 Å². The molecular formula is C18H16FN3. The highest BCUT2D eigenvalue weighted by Gasteiger charge is 2.22. The lowest BCUT2D eigenvalue weighted by Gasteiger charge is -2.09. The zero-order valence-corrected chi connectivity index (χ0v) is 12.1. The van der Waals surface area contributed by atoms with E-state index >= 15 is 0 Å². The third-order valence-corrected chi connectivity index (χ3v) is 4.10. The number of nitrogens with one attached hydrogen (secondary N) is 1. The molecule has 1 N–H and O–H groups in total. The Labute approximate surface area is 128 Å². The lowest BCUT2D eigenvalue weighted by Crippen LogP contribution is -2.03. The molecule has 1 aliphatic carbocycles. The summed E-state index contributed by atoms with van der Waals surface area (Å²) in [6, 6.07) is 13.6. The molecule has 0 bridgehead atoms. The van der Waals surface area contributed by atoms with Crippen LogP contribution in [-0.4, -0.2) is 9.97 Å². The summed E-state index contributed by atoms with van der Waals surface area (Å²) < 4.78 is 13.7. The maximum Gasteiger partial charge on any atom is 0.149 e. The van der Waals surface area contributed by atoms with Gasteiger partial charge in [0, 0.05) is 11.9 Å². The van der Waals surface area contributed by atoms with Gasteiger partial charge in [0.1, 0.15) is 23.5 Å². The number of fused-ring (bicyclic) bond motifs is 1. The van der Waals surface area contributed by atoms with E-state index in [2.05, 4.69) is 39.6 Å². The number of aromatic nitrogens is 2. The molecular weight excluding hydrogens is 277 g/mol. The Morgan fingerprint density at radius 2 is 1.86 bits per heavy atom. The van der Waals surface area contributed by atoms with Crippen LogP contribution in [0, 0.1) is 5.82 Å². The molecule has 0 saturated heterocycles. The van der Waals surface area contributed by atoms with E-state index in [1.807, 2.05) is 6.07 Å². The summed E-state index contributed by atoms with van der Waals surface area (Å²) in [5.74, 6) is 1.11. The van der Waals surface area contributed by atoms with E-state index in [1.54, 1.807) is 6.07 Å². The Morgan fingerprint density at radius 1 is 1.05 bits per heavy atom. The van der Waals surface area contributed by atoms with Crippen molar-refractivity contribution >= 4 is 16.7 Å². The summed E-state index contributed by atoms with van der Waals surface area (Å²) in [6.07, 6.45) is 4.02. The zero-order valence-electron chi connectivity index (χ0n) is 12.1. The summed E-state index contributed by atoms with van der Waals surface area (Å²) >= 11 is 0. The Kier molecular flexibility index (Phi) is 3.22. The minimum atomic E-state index is -0.322. The molecule has 4 rings (SSSR count). The number of nitrogens with zero attached hydrogens (tertiary/aromatic N) is 2. The first-order valence-electron chi connectivity index (χ1n) is 7.53. The predicted molar refractivity (Wildman–Crippen MR) is 85.2 cm³/mol. The van der Waals surface area contributed by atoms with Crippen molar-refractivity contribution in [1.82, 2.24) is 9.97 Å². The minimum absolute atomic E-state index is 0.322. The normalized spacial score (nSPS) is 14.2. The van der Waals surface area contributed by atoms with Crippen LogP contribution >= 0.6 is 0 Å². The van der Waals surface area contributed by atoms with Crippen molar-refractivity contribution in [2.45, 2.75) is 25.3 Å². The summed E-state index contributed by atoms with van der Waals surface area (Å²) in [7, 11) is 0. The van der Waals surface area contributed by atoms with Crippen molar-refractivity contribution in [3.63, 3.8) is 0 Å². The van der Waals surface area contributed by atoms with Crippen molar-refractivity contribution in [1.29, 1.82) is 0 Å². The fraction of sp³-hybridized carbons (Fsp3) is 0.222. The fourth-order valence-electron chi connectivity index (χ4n) is 2.70. The van der Waals surface area contributed by atoms with Crippen molar-refractivity contribution < 1.29 is 4.39 Å². The predicted octanol–water partition coefficient (Wildman–Crippen LogP) is 4.26. The lowest BCUT2D eigenvalue weighted by molar-refractivity contribution is 0.636. The van der Waals surface area contributed by atoms with Crippen molar-refractivity contribution in [2.24, 2.45) is 0 Å². The molecule has 3 nitrogen and oxygen atoms in total. The second-order valence-corrected chi connectivity index (χ2v) is 5.73. The summed E-state index contributed by atoms with van der Waals surface area (Å²) in [4.78, 5) is 8.24. The molecule has 2 aromatic carbocycles. The molecule has 110 valence electrons. The van der Waals surface area contributed by atoms with E-state index < -0.39 is 0 Å². The number of rotatable bonds is 4. The molecule has 1 saturated carbocycles. The molecule has 22 heavy (non-hydrogen) atoms. The van der Waals surface area contributed by atoms with Crippen LogP contribution in [0.3, 0.4) is 0 Å². The van der Waals surface area contributed by atoms with E-state index in [-0.39, 0.29) is 5.82 Å². The van der Waals surface area contributed by atoms with Gasteiger partial charge >= 0.3 is 0 Å². The first kappa shape index (κ1) is 13.2. The Hall–Kier alpha value is -2.49. The van der Waals surface area contributed by atoms with Gasteiger partial charge in [-0.25, -0.2) is 14.4 Å². The maximum atomic E-state index is 13.7. The molecule has 1 fully saturated rings. The van der Waals surface area contributed by atoms with Gasteiger partial charge in [-0.15, -0.1) is 0 Å². The highest BCUT2D eigenvalue weighted by Crippen LogP contribution is 2.39. The average Bonchev–Trinajstić information content (AvgIpc) is 3.39. The van der Waals surface area contributed by atoms with Crippen LogP contribution in [0.15, 0.2) is 48.8 Å². The molecule has 1 aliphatic rings. The molecule has 0 amide bonds. The van der Waals surface area contributed by atoms with Gasteiger partial charge in [-0.2, -0.15) is 0 Å². The smallest absolute Gasteiger partial charge is 0.149 e. The summed E-state index contributed by atoms with van der Waals surface area (Å²) in [6.45, 7) is 0.660. The monoisotopic (exact) mass is 293 g/mol. The van der Waals surface area contributed by atoms with Gasteiger partial charge in [-0.05, 0) is 42.0 Å². The van der Waals surface area contributed by atoms with Gasteiger partial charge in [0.15, 0.2) is 0 Å².